The van der Waals surface area contributed by atoms with Crippen LogP contribution in [0.2, 0.25) is 0 Å². The number of alkyl halides is 1. The highest BCUT2D eigenvalue weighted by Crippen LogP contribution is 2.22. The third-order valence-corrected chi connectivity index (χ3v) is 5.00. The monoisotopic (exact) mass is 316 g/mol. The number of hydrogen-bond donors (Lipinski definition) is 1. The maximum atomic E-state index is 12.6. The zero-order valence-electron chi connectivity index (χ0n) is 12.5. The Morgan fingerprint density at radius 3 is 2.86 bits per heavy atom. The van der Waals surface area contributed by atoms with Gasteiger partial charge >= 0.3 is 0 Å². The molecule has 1 aromatic rings. The van der Waals surface area contributed by atoms with E-state index in [1.54, 1.807) is 13.1 Å². The number of halogens is 1. The molecule has 0 saturated carbocycles. The molecule has 1 rings (SSSR count). The highest BCUT2D eigenvalue weighted by Gasteiger charge is 2.17. The second kappa shape index (κ2) is 7.92. The number of aryl methyl sites for hydroxylation is 1. The van der Waals surface area contributed by atoms with Gasteiger partial charge in [0.15, 0.2) is 0 Å². The van der Waals surface area contributed by atoms with Crippen LogP contribution in [0.3, 0.4) is 0 Å². The number of hydrogen-bond acceptors (Lipinski definition) is 4. The van der Waals surface area contributed by atoms with E-state index >= 15 is 0 Å². The summed E-state index contributed by atoms with van der Waals surface area (Å²) in [5.74, 6) is -0.215. The third kappa shape index (κ3) is 5.66. The summed E-state index contributed by atoms with van der Waals surface area (Å²) in [6.45, 7) is 3.28. The predicted molar refractivity (Wildman–Crippen MR) is 82.0 cm³/mol. The fourth-order valence-electron chi connectivity index (χ4n) is 1.48. The lowest BCUT2D eigenvalue weighted by atomic mass is 10.2. The molecule has 2 N–H and O–H groups in total. The average molecular weight is 316 g/mol. The van der Waals surface area contributed by atoms with Crippen molar-refractivity contribution in [1.29, 1.82) is 0 Å². The quantitative estimate of drug-likeness (QED) is 0.377. The van der Waals surface area contributed by atoms with Crippen LogP contribution in [0.15, 0.2) is 27.8 Å². The first-order chi connectivity index (χ1) is 9.86. The van der Waals surface area contributed by atoms with Crippen molar-refractivity contribution in [1.82, 2.24) is 4.98 Å². The largest absolute Gasteiger partial charge is 0.393 e. The number of aromatic nitrogens is 1. The van der Waals surface area contributed by atoms with Crippen molar-refractivity contribution in [3.8, 4) is 0 Å². The Morgan fingerprint density at radius 1 is 1.57 bits per heavy atom. The highest BCUT2D eigenvalue weighted by atomic mass is 32.2. The van der Waals surface area contributed by atoms with Gasteiger partial charge in [0, 0.05) is 24.6 Å². The van der Waals surface area contributed by atoms with Crippen LogP contribution in [-0.2, 0) is 14.6 Å². The molecule has 0 aliphatic heterocycles. The molecule has 0 radical (unpaired) electrons. The maximum absolute atomic E-state index is 12.6. The Bertz CT molecular complexity index is 595. The van der Waals surface area contributed by atoms with Crippen molar-refractivity contribution in [2.45, 2.75) is 25.5 Å². The SMILES string of the molecule is Cc1ccc(C(C)S(C)(=O)=N/C(N)=N/OCCCF)cn1. The summed E-state index contributed by atoms with van der Waals surface area (Å²) in [6, 6.07) is 3.70. The van der Waals surface area contributed by atoms with Gasteiger partial charge in [0.2, 0.25) is 0 Å². The van der Waals surface area contributed by atoms with Gasteiger partial charge in [-0.15, -0.1) is 0 Å². The molecule has 1 heterocycles. The number of nitrogens with zero attached hydrogens (tertiary/aromatic N) is 3. The van der Waals surface area contributed by atoms with Crippen LogP contribution >= 0.6 is 0 Å². The number of nitrogens with two attached hydrogens (primary N) is 1. The molecule has 0 aliphatic carbocycles. The lowest BCUT2D eigenvalue weighted by Gasteiger charge is -2.13. The molecule has 6 nitrogen and oxygen atoms in total. The fraction of sp³-hybridized carbons (Fsp3) is 0.538. The van der Waals surface area contributed by atoms with E-state index in [-0.39, 0.29) is 24.2 Å². The van der Waals surface area contributed by atoms with Gasteiger partial charge in [-0.1, -0.05) is 6.07 Å². The fourth-order valence-corrected chi connectivity index (χ4v) is 2.69. The molecule has 1 aromatic heterocycles. The third-order valence-electron chi connectivity index (χ3n) is 2.86. The molecular weight excluding hydrogens is 295 g/mol. The Kier molecular flexibility index (Phi) is 6.54. The molecule has 0 fully saturated rings. The van der Waals surface area contributed by atoms with E-state index in [0.717, 1.165) is 11.3 Å². The van der Waals surface area contributed by atoms with Gasteiger partial charge in [-0.3, -0.25) is 9.37 Å². The summed E-state index contributed by atoms with van der Waals surface area (Å²) in [7, 11) is -2.64. The van der Waals surface area contributed by atoms with Crippen LogP contribution in [0.25, 0.3) is 0 Å². The predicted octanol–water partition coefficient (Wildman–Crippen LogP) is 2.15. The number of guanidine groups is 1. The van der Waals surface area contributed by atoms with Crippen molar-refractivity contribution in [3.63, 3.8) is 0 Å². The van der Waals surface area contributed by atoms with Crippen molar-refractivity contribution in [3.05, 3.63) is 29.6 Å². The summed E-state index contributed by atoms with van der Waals surface area (Å²) in [5, 5.41) is 3.15. The Labute approximate surface area is 124 Å². The average Bonchev–Trinajstić information content (AvgIpc) is 2.43. The maximum Gasteiger partial charge on any atom is 0.265 e. The number of rotatable bonds is 6. The van der Waals surface area contributed by atoms with Gasteiger partial charge in [-0.25, -0.2) is 4.21 Å². The molecule has 118 valence electrons. The lowest BCUT2D eigenvalue weighted by molar-refractivity contribution is 0.135. The zero-order chi connectivity index (χ0) is 15.9. The van der Waals surface area contributed by atoms with Crippen molar-refractivity contribution in [2.24, 2.45) is 15.3 Å². The Balaban J connectivity index is 2.85. The molecule has 2 atom stereocenters. The highest BCUT2D eigenvalue weighted by molar-refractivity contribution is 7.93. The van der Waals surface area contributed by atoms with Crippen LogP contribution in [0.4, 0.5) is 4.39 Å². The molecule has 8 heteroatoms. The van der Waals surface area contributed by atoms with Crippen LogP contribution in [0.5, 0.6) is 0 Å². The summed E-state index contributed by atoms with van der Waals surface area (Å²) in [6.07, 6.45) is 3.40. The van der Waals surface area contributed by atoms with Crippen molar-refractivity contribution >= 4 is 15.7 Å². The minimum absolute atomic E-state index is 0.106. The topological polar surface area (TPSA) is 89.9 Å². The van der Waals surface area contributed by atoms with Gasteiger partial charge in [0.25, 0.3) is 5.96 Å². The standard InChI is InChI=1S/C13H21FN4O2S/c1-10-5-6-12(9-16-10)11(2)21(3,19)18-13(15)17-20-8-4-7-14/h5-6,9,11H,4,7-8H2,1-3H3,(H2,15,17). The van der Waals surface area contributed by atoms with Gasteiger partial charge in [0.1, 0.15) is 6.61 Å². The second-order valence-corrected chi connectivity index (χ2v) is 7.26. The smallest absolute Gasteiger partial charge is 0.265 e. The van der Waals surface area contributed by atoms with Crippen molar-refractivity contribution in [2.75, 3.05) is 19.5 Å². The van der Waals surface area contributed by atoms with Gasteiger partial charge in [0.05, 0.1) is 21.7 Å². The summed E-state index contributed by atoms with van der Waals surface area (Å²) < 4.78 is 28.4. The lowest BCUT2D eigenvalue weighted by Crippen LogP contribution is -2.16. The molecule has 2 unspecified atom stereocenters. The van der Waals surface area contributed by atoms with E-state index in [1.807, 2.05) is 19.1 Å². The van der Waals surface area contributed by atoms with Gasteiger partial charge in [-0.05, 0) is 30.6 Å². The molecule has 0 aromatic carbocycles. The number of pyridine rings is 1. The minimum atomic E-state index is -2.64. The van der Waals surface area contributed by atoms with E-state index in [2.05, 4.69) is 14.5 Å². The first kappa shape index (κ1) is 17.4. The van der Waals surface area contributed by atoms with Gasteiger partial charge in [-0.2, -0.15) is 4.36 Å². The van der Waals surface area contributed by atoms with Crippen LogP contribution in [0, 0.1) is 6.92 Å². The van der Waals surface area contributed by atoms with Crippen molar-refractivity contribution < 1.29 is 13.4 Å². The molecule has 0 bridgehead atoms. The normalized spacial score (nSPS) is 16.1. The summed E-state index contributed by atoms with van der Waals surface area (Å²) >= 11 is 0. The van der Waals surface area contributed by atoms with E-state index in [0.29, 0.717) is 0 Å². The molecule has 0 amide bonds. The number of oxime groups is 1. The molecule has 0 saturated heterocycles. The molecule has 0 spiro atoms. The van der Waals surface area contributed by atoms with E-state index in [9.17, 15) is 8.60 Å². The van der Waals surface area contributed by atoms with Gasteiger partial charge < -0.3 is 10.6 Å². The second-order valence-electron chi connectivity index (χ2n) is 4.65. The molecular formula is C13H21FN4O2S. The van der Waals surface area contributed by atoms with Crippen LogP contribution < -0.4 is 5.73 Å². The first-order valence-corrected chi connectivity index (χ1v) is 8.50. The Morgan fingerprint density at radius 2 is 2.29 bits per heavy atom. The zero-order valence-corrected chi connectivity index (χ0v) is 13.3. The van der Waals surface area contributed by atoms with Crippen LogP contribution in [0.1, 0.15) is 29.9 Å². The Hall–Kier alpha value is -1.70. The molecule has 0 aliphatic rings. The summed E-state index contributed by atoms with van der Waals surface area (Å²) in [4.78, 5) is 8.95. The minimum Gasteiger partial charge on any atom is -0.393 e. The van der Waals surface area contributed by atoms with E-state index < -0.39 is 16.4 Å². The van der Waals surface area contributed by atoms with Crippen LogP contribution in [-0.4, -0.2) is 34.7 Å². The molecule has 21 heavy (non-hydrogen) atoms. The van der Waals surface area contributed by atoms with E-state index in [4.69, 9.17) is 10.6 Å². The van der Waals surface area contributed by atoms with E-state index in [1.165, 1.54) is 6.26 Å². The first-order valence-electron chi connectivity index (χ1n) is 6.51. The summed E-state index contributed by atoms with van der Waals surface area (Å²) in [5.41, 5.74) is 7.24.